The molecule has 0 fully saturated rings. The number of carbonyl (C=O) groups excluding carboxylic acids is 1. The number of sulfone groups is 1. The summed E-state index contributed by atoms with van der Waals surface area (Å²) in [6, 6.07) is 9.53. The van der Waals surface area contributed by atoms with Crippen LogP contribution >= 0.6 is 11.6 Å². The van der Waals surface area contributed by atoms with Crippen LogP contribution in [0.15, 0.2) is 53.4 Å². The fourth-order valence-electron chi connectivity index (χ4n) is 1.97. The van der Waals surface area contributed by atoms with Gasteiger partial charge in [0.25, 0.3) is 0 Å². The van der Waals surface area contributed by atoms with Crippen LogP contribution in [0, 0.1) is 0 Å². The monoisotopic (exact) mass is 391 g/mol. The molecule has 0 saturated heterocycles. The maximum Gasteiger partial charge on any atom is 0.416 e. The first kappa shape index (κ1) is 19.3. The smallest absolute Gasteiger partial charge is 0.326 e. The van der Waals surface area contributed by atoms with Crippen LogP contribution in [-0.4, -0.2) is 20.1 Å². The molecule has 1 amide bonds. The first-order valence-corrected chi connectivity index (χ1v) is 9.06. The first-order valence-electron chi connectivity index (χ1n) is 7.03. The zero-order valence-electron chi connectivity index (χ0n) is 12.7. The summed E-state index contributed by atoms with van der Waals surface area (Å²) in [5, 5.41) is 2.62. The number of halogens is 4. The van der Waals surface area contributed by atoms with Crippen LogP contribution in [0.5, 0.6) is 0 Å². The maximum absolute atomic E-state index is 12.5. The Labute approximate surface area is 147 Å². The molecule has 0 bridgehead atoms. The Kier molecular flexibility index (Phi) is 5.74. The van der Waals surface area contributed by atoms with E-state index in [-0.39, 0.29) is 22.0 Å². The largest absolute Gasteiger partial charge is 0.416 e. The molecule has 2 aromatic rings. The highest BCUT2D eigenvalue weighted by Gasteiger charge is 2.30. The number of nitrogens with one attached hydrogen (secondary N) is 1. The molecule has 0 aliphatic carbocycles. The second-order valence-electron chi connectivity index (χ2n) is 5.15. The van der Waals surface area contributed by atoms with Crippen LogP contribution in [0.3, 0.4) is 0 Å². The Morgan fingerprint density at radius 2 is 1.72 bits per heavy atom. The van der Waals surface area contributed by atoms with E-state index in [1.165, 1.54) is 24.3 Å². The predicted molar refractivity (Wildman–Crippen MR) is 88.2 cm³/mol. The zero-order valence-corrected chi connectivity index (χ0v) is 14.3. The molecule has 0 saturated carbocycles. The van der Waals surface area contributed by atoms with Crippen LogP contribution in [0.25, 0.3) is 0 Å². The van der Waals surface area contributed by atoms with E-state index in [0.29, 0.717) is 0 Å². The van der Waals surface area contributed by atoms with Gasteiger partial charge in [0.1, 0.15) is 0 Å². The van der Waals surface area contributed by atoms with Gasteiger partial charge in [0, 0.05) is 17.1 Å². The zero-order chi connectivity index (χ0) is 18.7. The maximum atomic E-state index is 12.5. The Balaban J connectivity index is 1.96. The lowest BCUT2D eigenvalue weighted by Crippen LogP contribution is -2.17. The molecule has 2 rings (SSSR count). The van der Waals surface area contributed by atoms with E-state index in [1.54, 1.807) is 0 Å². The lowest BCUT2D eigenvalue weighted by Gasteiger charge is -2.09. The third-order valence-corrected chi connectivity index (χ3v) is 5.20. The van der Waals surface area contributed by atoms with Gasteiger partial charge in [-0.1, -0.05) is 17.7 Å². The molecule has 0 aliphatic heterocycles. The molecule has 0 spiro atoms. The van der Waals surface area contributed by atoms with Crippen LogP contribution < -0.4 is 5.32 Å². The standard InChI is InChI=1S/C16H13ClF3NO3S/c17-12-2-1-3-14(10-12)25(23,24)9-8-15(22)21-13-6-4-11(5-7-13)16(18,19)20/h1-7,10H,8-9H2,(H,21,22). The summed E-state index contributed by atoms with van der Waals surface area (Å²) < 4.78 is 61.6. The van der Waals surface area contributed by atoms with Crippen molar-refractivity contribution in [3.8, 4) is 0 Å². The van der Waals surface area contributed by atoms with Gasteiger partial charge >= 0.3 is 6.18 Å². The highest BCUT2D eigenvalue weighted by Crippen LogP contribution is 2.29. The molecule has 0 heterocycles. The van der Waals surface area contributed by atoms with Gasteiger partial charge in [-0.3, -0.25) is 4.79 Å². The van der Waals surface area contributed by atoms with Gasteiger partial charge in [-0.05, 0) is 42.5 Å². The van der Waals surface area contributed by atoms with Gasteiger partial charge in [0.05, 0.1) is 16.2 Å². The molecule has 0 unspecified atom stereocenters. The van der Waals surface area contributed by atoms with Crippen LogP contribution in [0.2, 0.25) is 5.02 Å². The molecule has 0 radical (unpaired) electrons. The highest BCUT2D eigenvalue weighted by atomic mass is 35.5. The van der Waals surface area contributed by atoms with Gasteiger partial charge in [0.15, 0.2) is 9.84 Å². The molecule has 4 nitrogen and oxygen atoms in total. The molecule has 0 aromatic heterocycles. The number of rotatable bonds is 5. The van der Waals surface area contributed by atoms with E-state index in [4.69, 9.17) is 11.6 Å². The minimum atomic E-state index is -4.46. The third-order valence-electron chi connectivity index (χ3n) is 3.25. The Hall–Kier alpha value is -2.06. The summed E-state index contributed by atoms with van der Waals surface area (Å²) in [6.07, 6.45) is -4.80. The molecule has 1 N–H and O–H groups in total. The average Bonchev–Trinajstić information content (AvgIpc) is 2.53. The minimum absolute atomic E-state index is 0.00216. The number of benzene rings is 2. The second kappa shape index (κ2) is 7.45. The van der Waals surface area contributed by atoms with Crippen molar-refractivity contribution < 1.29 is 26.4 Å². The van der Waals surface area contributed by atoms with Crippen molar-refractivity contribution in [2.24, 2.45) is 0 Å². The van der Waals surface area contributed by atoms with E-state index in [2.05, 4.69) is 5.32 Å². The average molecular weight is 392 g/mol. The topological polar surface area (TPSA) is 63.2 Å². The van der Waals surface area contributed by atoms with Gasteiger partial charge in [-0.15, -0.1) is 0 Å². The number of hydrogen-bond acceptors (Lipinski definition) is 3. The van der Waals surface area contributed by atoms with Gasteiger partial charge in [0.2, 0.25) is 5.91 Å². The molecule has 0 atom stereocenters. The van der Waals surface area contributed by atoms with Crippen molar-refractivity contribution >= 4 is 33.0 Å². The van der Waals surface area contributed by atoms with E-state index >= 15 is 0 Å². The fraction of sp³-hybridized carbons (Fsp3) is 0.188. The Bertz CT molecular complexity index is 865. The number of hydrogen-bond donors (Lipinski definition) is 1. The van der Waals surface area contributed by atoms with Gasteiger partial charge < -0.3 is 5.32 Å². The second-order valence-corrected chi connectivity index (χ2v) is 7.70. The summed E-state index contributed by atoms with van der Waals surface area (Å²) >= 11 is 5.74. The van der Waals surface area contributed by atoms with E-state index in [1.807, 2.05) is 0 Å². The predicted octanol–water partition coefficient (Wildman–Crippen LogP) is 4.16. The Morgan fingerprint density at radius 3 is 2.28 bits per heavy atom. The van der Waals surface area contributed by atoms with Crippen molar-refractivity contribution in [3.63, 3.8) is 0 Å². The van der Waals surface area contributed by atoms with Crippen molar-refractivity contribution in [2.45, 2.75) is 17.5 Å². The summed E-state index contributed by atoms with van der Waals surface area (Å²) in [7, 11) is -3.69. The first-order chi connectivity index (χ1) is 11.6. The summed E-state index contributed by atoms with van der Waals surface area (Å²) in [4.78, 5) is 11.8. The minimum Gasteiger partial charge on any atom is -0.326 e. The Morgan fingerprint density at radius 1 is 1.08 bits per heavy atom. The summed E-state index contributed by atoms with van der Waals surface area (Å²) in [6.45, 7) is 0. The number of anilines is 1. The molecule has 9 heteroatoms. The summed E-state index contributed by atoms with van der Waals surface area (Å²) in [5.74, 6) is -1.06. The van der Waals surface area contributed by atoms with Crippen molar-refractivity contribution in [1.29, 1.82) is 0 Å². The fourth-order valence-corrected chi connectivity index (χ4v) is 3.51. The molecule has 0 aliphatic rings. The van der Waals surface area contributed by atoms with Crippen molar-refractivity contribution in [2.75, 3.05) is 11.1 Å². The van der Waals surface area contributed by atoms with Crippen molar-refractivity contribution in [3.05, 3.63) is 59.1 Å². The van der Waals surface area contributed by atoms with Crippen LogP contribution in [0.1, 0.15) is 12.0 Å². The van der Waals surface area contributed by atoms with E-state index in [9.17, 15) is 26.4 Å². The van der Waals surface area contributed by atoms with E-state index in [0.717, 1.165) is 24.3 Å². The molecule has 2 aromatic carbocycles. The normalized spacial score (nSPS) is 12.0. The highest BCUT2D eigenvalue weighted by molar-refractivity contribution is 7.91. The SMILES string of the molecule is O=C(CCS(=O)(=O)c1cccc(Cl)c1)Nc1ccc(C(F)(F)F)cc1. The van der Waals surface area contributed by atoms with Crippen LogP contribution in [0.4, 0.5) is 18.9 Å². The summed E-state index contributed by atoms with van der Waals surface area (Å²) in [5.41, 5.74) is -0.688. The lowest BCUT2D eigenvalue weighted by atomic mass is 10.2. The third kappa shape index (κ3) is 5.47. The van der Waals surface area contributed by atoms with Crippen molar-refractivity contribution in [1.82, 2.24) is 0 Å². The van der Waals surface area contributed by atoms with Gasteiger partial charge in [-0.25, -0.2) is 8.42 Å². The number of amides is 1. The molecule has 134 valence electrons. The number of alkyl halides is 3. The molecule has 25 heavy (non-hydrogen) atoms. The quantitative estimate of drug-likeness (QED) is 0.832. The molecular formula is C16H13ClF3NO3S. The van der Waals surface area contributed by atoms with Crippen LogP contribution in [-0.2, 0) is 20.8 Å². The van der Waals surface area contributed by atoms with Gasteiger partial charge in [-0.2, -0.15) is 13.2 Å². The lowest BCUT2D eigenvalue weighted by molar-refractivity contribution is -0.137. The molecular weight excluding hydrogens is 379 g/mol. The number of carbonyl (C=O) groups is 1. The van der Waals surface area contributed by atoms with E-state index < -0.39 is 33.2 Å².